The molecule has 1 amide bonds. The van der Waals surface area contributed by atoms with Gasteiger partial charge in [-0.25, -0.2) is 9.59 Å². The minimum atomic E-state index is -1.06. The number of nitrogens with one attached hydrogen (secondary N) is 1. The monoisotopic (exact) mass is 362 g/mol. The molecule has 0 aliphatic heterocycles. The van der Waals surface area contributed by atoms with E-state index in [2.05, 4.69) is 29.6 Å². The lowest BCUT2D eigenvalue weighted by Gasteiger charge is -2.14. The van der Waals surface area contributed by atoms with Crippen LogP contribution in [-0.4, -0.2) is 28.3 Å². The summed E-state index contributed by atoms with van der Waals surface area (Å²) >= 11 is 0. The maximum atomic E-state index is 12.2. The molecule has 1 aliphatic carbocycles. The van der Waals surface area contributed by atoms with Crippen LogP contribution in [0.3, 0.4) is 0 Å². The van der Waals surface area contributed by atoms with E-state index in [9.17, 15) is 9.59 Å². The van der Waals surface area contributed by atoms with Crippen LogP contribution in [0.15, 0.2) is 60.8 Å². The summed E-state index contributed by atoms with van der Waals surface area (Å²) in [6, 6.07) is 17.6. The van der Waals surface area contributed by atoms with Crippen LogP contribution in [0.4, 0.5) is 10.5 Å². The van der Waals surface area contributed by atoms with E-state index in [4.69, 9.17) is 9.84 Å². The number of aromatic carboxylic acids is 1. The Morgan fingerprint density at radius 3 is 2.22 bits per heavy atom. The molecule has 6 heteroatoms. The summed E-state index contributed by atoms with van der Waals surface area (Å²) in [5, 5.41) is 11.7. The van der Waals surface area contributed by atoms with Gasteiger partial charge in [0.25, 0.3) is 0 Å². The molecule has 2 N–H and O–H groups in total. The highest BCUT2D eigenvalue weighted by molar-refractivity contribution is 5.90. The third kappa shape index (κ3) is 3.06. The summed E-state index contributed by atoms with van der Waals surface area (Å²) in [5.41, 5.74) is 5.07. The molecule has 136 valence electrons. The molecule has 0 unspecified atom stereocenters. The molecule has 1 aromatic heterocycles. The summed E-state index contributed by atoms with van der Waals surface area (Å²) in [6.45, 7) is 0.207. The number of carboxylic acid groups (broad SMARTS) is 1. The summed E-state index contributed by atoms with van der Waals surface area (Å²) in [5.74, 6) is -1.08. The van der Waals surface area contributed by atoms with E-state index in [0.29, 0.717) is 5.69 Å². The number of aromatic nitrogens is 1. The number of nitrogens with zero attached hydrogens (tertiary/aromatic N) is 1. The number of hydrogen-bond acceptors (Lipinski definition) is 3. The van der Waals surface area contributed by atoms with Crippen molar-refractivity contribution >= 4 is 17.7 Å². The number of fused-ring (bicyclic) bond motifs is 3. The van der Waals surface area contributed by atoms with Gasteiger partial charge in [-0.15, -0.1) is 0 Å². The van der Waals surface area contributed by atoms with E-state index in [0.717, 1.165) is 22.3 Å². The Kier molecular flexibility index (Phi) is 4.16. The fraction of sp³-hybridized carbons (Fsp3) is 0.143. The number of rotatable bonds is 4. The molecule has 0 bridgehead atoms. The van der Waals surface area contributed by atoms with Gasteiger partial charge in [0.1, 0.15) is 12.3 Å². The Labute approximate surface area is 156 Å². The molecule has 0 atom stereocenters. The van der Waals surface area contributed by atoms with Crippen molar-refractivity contribution in [1.82, 2.24) is 4.57 Å². The van der Waals surface area contributed by atoms with Crippen molar-refractivity contribution in [3.63, 3.8) is 0 Å². The van der Waals surface area contributed by atoms with Crippen LogP contribution >= 0.6 is 0 Å². The number of amides is 1. The summed E-state index contributed by atoms with van der Waals surface area (Å²) in [4.78, 5) is 23.3. The van der Waals surface area contributed by atoms with Gasteiger partial charge in [-0.3, -0.25) is 5.32 Å². The second kappa shape index (κ2) is 6.64. The lowest BCUT2D eigenvalue weighted by atomic mass is 9.98. The van der Waals surface area contributed by atoms with Gasteiger partial charge in [0.2, 0.25) is 0 Å². The van der Waals surface area contributed by atoms with Crippen molar-refractivity contribution in [3.8, 4) is 11.1 Å². The first-order valence-corrected chi connectivity index (χ1v) is 8.56. The minimum Gasteiger partial charge on any atom is -0.477 e. The molecule has 6 nitrogen and oxygen atoms in total. The Morgan fingerprint density at radius 1 is 1.07 bits per heavy atom. The quantitative estimate of drug-likeness (QED) is 0.733. The third-order valence-electron chi connectivity index (χ3n) is 4.81. The van der Waals surface area contributed by atoms with Crippen LogP contribution in [0.1, 0.15) is 27.5 Å². The fourth-order valence-corrected chi connectivity index (χ4v) is 3.60. The number of anilines is 1. The van der Waals surface area contributed by atoms with Crippen LogP contribution in [0.5, 0.6) is 0 Å². The zero-order chi connectivity index (χ0) is 19.0. The first-order chi connectivity index (χ1) is 13.0. The Hall–Kier alpha value is -3.54. The third-order valence-corrected chi connectivity index (χ3v) is 4.81. The Morgan fingerprint density at radius 2 is 1.67 bits per heavy atom. The predicted octanol–water partition coefficient (Wildman–Crippen LogP) is 4.08. The zero-order valence-corrected chi connectivity index (χ0v) is 14.7. The van der Waals surface area contributed by atoms with Crippen molar-refractivity contribution in [2.24, 2.45) is 7.05 Å². The fourth-order valence-electron chi connectivity index (χ4n) is 3.60. The molecular weight excluding hydrogens is 344 g/mol. The number of ether oxygens (including phenoxy) is 1. The SMILES string of the molecule is Cn1cc(NC(=O)OCC2c3ccccc3-c3ccccc32)cc1C(=O)O. The van der Waals surface area contributed by atoms with E-state index in [1.807, 2.05) is 24.3 Å². The van der Waals surface area contributed by atoms with E-state index in [-0.39, 0.29) is 18.2 Å². The Bertz CT molecular complexity index is 993. The molecule has 1 aliphatic rings. The predicted molar refractivity (Wildman–Crippen MR) is 101 cm³/mol. The molecule has 0 radical (unpaired) electrons. The molecule has 0 spiro atoms. The second-order valence-electron chi connectivity index (χ2n) is 6.48. The first kappa shape index (κ1) is 16.9. The molecule has 3 aromatic rings. The zero-order valence-electron chi connectivity index (χ0n) is 14.7. The maximum absolute atomic E-state index is 12.2. The van der Waals surface area contributed by atoms with Crippen molar-refractivity contribution in [3.05, 3.63) is 77.6 Å². The number of carboxylic acids is 1. The average molecular weight is 362 g/mol. The van der Waals surface area contributed by atoms with Gasteiger partial charge in [-0.1, -0.05) is 48.5 Å². The lowest BCUT2D eigenvalue weighted by molar-refractivity contribution is 0.0686. The normalized spacial score (nSPS) is 12.3. The van der Waals surface area contributed by atoms with Crippen LogP contribution in [0.25, 0.3) is 11.1 Å². The lowest BCUT2D eigenvalue weighted by Crippen LogP contribution is -2.17. The molecular formula is C21H18N2O4. The average Bonchev–Trinajstić information content (AvgIpc) is 3.18. The van der Waals surface area contributed by atoms with Crippen molar-refractivity contribution < 1.29 is 19.4 Å². The molecule has 1 heterocycles. The van der Waals surface area contributed by atoms with Gasteiger partial charge < -0.3 is 14.4 Å². The van der Waals surface area contributed by atoms with Crippen molar-refractivity contribution in [1.29, 1.82) is 0 Å². The van der Waals surface area contributed by atoms with E-state index < -0.39 is 12.1 Å². The Balaban J connectivity index is 1.48. The molecule has 0 saturated carbocycles. The largest absolute Gasteiger partial charge is 0.477 e. The smallest absolute Gasteiger partial charge is 0.411 e. The highest BCUT2D eigenvalue weighted by Crippen LogP contribution is 2.44. The van der Waals surface area contributed by atoms with Gasteiger partial charge in [0, 0.05) is 19.2 Å². The number of aryl methyl sites for hydroxylation is 1. The van der Waals surface area contributed by atoms with Crippen LogP contribution in [0, 0.1) is 0 Å². The molecule has 4 rings (SSSR count). The number of carbonyl (C=O) groups excluding carboxylic acids is 1. The molecule has 0 fully saturated rings. The second-order valence-corrected chi connectivity index (χ2v) is 6.48. The highest BCUT2D eigenvalue weighted by Gasteiger charge is 2.29. The topological polar surface area (TPSA) is 80.6 Å². The number of benzene rings is 2. The minimum absolute atomic E-state index is 0.0199. The molecule has 0 saturated heterocycles. The summed E-state index contributed by atoms with van der Waals surface area (Å²) in [7, 11) is 1.60. The van der Waals surface area contributed by atoms with Gasteiger partial charge >= 0.3 is 12.1 Å². The highest BCUT2D eigenvalue weighted by atomic mass is 16.5. The van der Waals surface area contributed by atoms with Crippen LogP contribution < -0.4 is 5.32 Å². The summed E-state index contributed by atoms with van der Waals surface area (Å²) in [6.07, 6.45) is 0.921. The maximum Gasteiger partial charge on any atom is 0.411 e. The van der Waals surface area contributed by atoms with Crippen molar-refractivity contribution in [2.45, 2.75) is 5.92 Å². The van der Waals surface area contributed by atoms with E-state index >= 15 is 0 Å². The number of hydrogen-bond donors (Lipinski definition) is 2. The van der Waals surface area contributed by atoms with Gasteiger partial charge in [-0.2, -0.15) is 0 Å². The van der Waals surface area contributed by atoms with Crippen molar-refractivity contribution in [2.75, 3.05) is 11.9 Å². The van der Waals surface area contributed by atoms with Crippen LogP contribution in [0.2, 0.25) is 0 Å². The summed E-state index contributed by atoms with van der Waals surface area (Å²) < 4.78 is 6.88. The van der Waals surface area contributed by atoms with E-state index in [1.54, 1.807) is 7.05 Å². The van der Waals surface area contributed by atoms with Crippen LogP contribution in [-0.2, 0) is 11.8 Å². The van der Waals surface area contributed by atoms with Gasteiger partial charge in [0.05, 0.1) is 5.69 Å². The number of carbonyl (C=O) groups is 2. The molecule has 2 aromatic carbocycles. The first-order valence-electron chi connectivity index (χ1n) is 8.56. The van der Waals surface area contributed by atoms with Gasteiger partial charge in [0.15, 0.2) is 0 Å². The van der Waals surface area contributed by atoms with E-state index in [1.165, 1.54) is 16.8 Å². The standard InChI is InChI=1S/C21H18N2O4/c1-23-11-13(10-19(23)20(24)25)22-21(26)27-12-18-16-8-4-2-6-14(16)15-7-3-5-9-17(15)18/h2-11,18H,12H2,1H3,(H,22,26)(H,24,25). The van der Waals surface area contributed by atoms with Gasteiger partial charge in [-0.05, 0) is 28.3 Å². The molecule has 27 heavy (non-hydrogen) atoms.